The molecule has 2 aromatic heterocycles. The van der Waals surface area contributed by atoms with Crippen LogP contribution in [0.5, 0.6) is 6.01 Å². The fourth-order valence-electron chi connectivity index (χ4n) is 6.48. The number of ether oxygens (including phenoxy) is 1. The number of hydrogen-bond acceptors (Lipinski definition) is 7. The van der Waals surface area contributed by atoms with Gasteiger partial charge in [0.1, 0.15) is 18.2 Å². The maximum absolute atomic E-state index is 15.0. The lowest BCUT2D eigenvalue weighted by atomic mass is 10.0. The largest absolute Gasteiger partial charge is 0.462 e. The highest BCUT2D eigenvalue weighted by Crippen LogP contribution is 2.37. The number of rotatable bonds is 5. The number of halogens is 2. The van der Waals surface area contributed by atoms with Gasteiger partial charge in [-0.3, -0.25) is 0 Å². The van der Waals surface area contributed by atoms with Crippen molar-refractivity contribution < 1.29 is 9.13 Å². The van der Waals surface area contributed by atoms with Gasteiger partial charge in [-0.2, -0.15) is 9.97 Å². The predicted molar refractivity (Wildman–Crippen MR) is 155 cm³/mol. The molecule has 208 valence electrons. The van der Waals surface area contributed by atoms with Gasteiger partial charge in [0.15, 0.2) is 5.15 Å². The molecule has 1 fully saturated rings. The lowest BCUT2D eigenvalue weighted by molar-refractivity contribution is 0.187. The van der Waals surface area contributed by atoms with Gasteiger partial charge in [0, 0.05) is 41.8 Å². The number of anilines is 2. The third-order valence-electron chi connectivity index (χ3n) is 8.75. The summed E-state index contributed by atoms with van der Waals surface area (Å²) in [5.41, 5.74) is 3.93. The van der Waals surface area contributed by atoms with Crippen molar-refractivity contribution in [1.82, 2.24) is 24.4 Å². The Kier molecular flexibility index (Phi) is 6.51. The molecule has 7 rings (SSSR count). The molecule has 5 heterocycles. The van der Waals surface area contributed by atoms with Crippen LogP contribution >= 0.6 is 11.6 Å². The first kappa shape index (κ1) is 25.5. The summed E-state index contributed by atoms with van der Waals surface area (Å²) in [6.07, 6.45) is 4.85. The minimum atomic E-state index is -0.206. The standard InChI is InChI=1S/C30H33ClFN7O/c1-19-14-38-18-33-28(31)26(38)16-39(19)29-22-11-13-37(25-10-4-7-20-6-3-9-23(32)27(20)25)15-24(22)34-30(35-29)40-17-21-8-5-12-36(21)2/h3-4,6-7,9-10,18-19,21H,5,8,11-17H2,1-2H3/t19-,21+/m1/s1. The predicted octanol–water partition coefficient (Wildman–Crippen LogP) is 5.06. The van der Waals surface area contributed by atoms with Crippen molar-refractivity contribution in [2.75, 3.05) is 36.5 Å². The number of imidazole rings is 1. The lowest BCUT2D eigenvalue weighted by Crippen LogP contribution is -2.43. The topological polar surface area (TPSA) is 62.6 Å². The van der Waals surface area contributed by atoms with Crippen LogP contribution in [0.4, 0.5) is 15.9 Å². The van der Waals surface area contributed by atoms with Gasteiger partial charge in [0.2, 0.25) is 0 Å². The Balaban J connectivity index is 1.26. The molecule has 2 atom stereocenters. The van der Waals surface area contributed by atoms with E-state index in [0.29, 0.717) is 42.3 Å². The average molecular weight is 562 g/mol. The molecule has 4 aromatic rings. The molecule has 0 radical (unpaired) electrons. The molecule has 8 nitrogen and oxygen atoms in total. The zero-order chi connectivity index (χ0) is 27.4. The molecular formula is C30H33ClFN7O. The Bertz CT molecular complexity index is 1570. The average Bonchev–Trinajstić information content (AvgIpc) is 3.54. The van der Waals surface area contributed by atoms with Crippen molar-refractivity contribution in [1.29, 1.82) is 0 Å². The highest BCUT2D eigenvalue weighted by Gasteiger charge is 2.32. The summed E-state index contributed by atoms with van der Waals surface area (Å²) in [6.45, 7) is 6.53. The van der Waals surface area contributed by atoms with E-state index in [2.05, 4.69) is 38.2 Å². The molecule has 0 spiro atoms. The second-order valence-corrected chi connectivity index (χ2v) is 11.6. The first-order valence-electron chi connectivity index (χ1n) is 14.1. The van der Waals surface area contributed by atoms with E-state index in [4.69, 9.17) is 26.3 Å². The first-order valence-corrected chi connectivity index (χ1v) is 14.4. The Morgan fingerprint density at radius 2 is 1.95 bits per heavy atom. The zero-order valence-electron chi connectivity index (χ0n) is 22.9. The van der Waals surface area contributed by atoms with E-state index < -0.39 is 0 Å². The van der Waals surface area contributed by atoms with Crippen LogP contribution in [-0.2, 0) is 26.1 Å². The van der Waals surface area contributed by atoms with Gasteiger partial charge < -0.3 is 24.0 Å². The third-order valence-corrected chi connectivity index (χ3v) is 9.07. The SMILES string of the molecule is C[C@@H]1Cn2cnc(Cl)c2CN1c1nc(OC[C@@H]2CCCN2C)nc2c1CCN(c1cccc3cccc(F)c13)C2. The molecule has 3 aliphatic heterocycles. The van der Waals surface area contributed by atoms with E-state index in [-0.39, 0.29) is 11.9 Å². The number of likely N-dealkylation sites (tertiary alicyclic amines) is 1. The van der Waals surface area contributed by atoms with Crippen LogP contribution in [0.25, 0.3) is 10.8 Å². The van der Waals surface area contributed by atoms with Crippen molar-refractivity contribution in [2.45, 2.75) is 57.9 Å². The summed E-state index contributed by atoms with van der Waals surface area (Å²) in [5, 5.41) is 2.08. The molecule has 10 heteroatoms. The second-order valence-electron chi connectivity index (χ2n) is 11.2. The Morgan fingerprint density at radius 1 is 1.10 bits per heavy atom. The molecule has 1 saturated heterocycles. The molecule has 40 heavy (non-hydrogen) atoms. The summed E-state index contributed by atoms with van der Waals surface area (Å²) in [7, 11) is 2.14. The summed E-state index contributed by atoms with van der Waals surface area (Å²) < 4.78 is 23.4. The fourth-order valence-corrected chi connectivity index (χ4v) is 6.69. The summed E-state index contributed by atoms with van der Waals surface area (Å²) in [6, 6.07) is 12.2. The number of benzene rings is 2. The molecule has 2 aromatic carbocycles. The van der Waals surface area contributed by atoms with Crippen molar-refractivity contribution in [2.24, 2.45) is 0 Å². The van der Waals surface area contributed by atoms with Gasteiger partial charge in [0.05, 0.1) is 30.8 Å². The number of nitrogens with zero attached hydrogens (tertiary/aromatic N) is 7. The minimum Gasteiger partial charge on any atom is -0.462 e. The minimum absolute atomic E-state index is 0.191. The Labute approximate surface area is 238 Å². The maximum atomic E-state index is 15.0. The summed E-state index contributed by atoms with van der Waals surface area (Å²) >= 11 is 6.46. The molecule has 0 aliphatic carbocycles. The van der Waals surface area contributed by atoms with E-state index in [1.165, 1.54) is 12.5 Å². The maximum Gasteiger partial charge on any atom is 0.318 e. The van der Waals surface area contributed by atoms with Crippen LogP contribution in [0.1, 0.15) is 36.7 Å². The van der Waals surface area contributed by atoms with Gasteiger partial charge in [-0.15, -0.1) is 0 Å². The quantitative estimate of drug-likeness (QED) is 0.337. The second kappa shape index (κ2) is 10.2. The van der Waals surface area contributed by atoms with E-state index in [1.54, 1.807) is 6.07 Å². The van der Waals surface area contributed by atoms with Crippen LogP contribution in [0.3, 0.4) is 0 Å². The number of fused-ring (bicyclic) bond motifs is 3. The van der Waals surface area contributed by atoms with Crippen LogP contribution in [0, 0.1) is 5.82 Å². The Morgan fingerprint density at radius 3 is 2.77 bits per heavy atom. The highest BCUT2D eigenvalue weighted by molar-refractivity contribution is 6.30. The summed E-state index contributed by atoms with van der Waals surface area (Å²) in [5.74, 6) is 0.696. The smallest absolute Gasteiger partial charge is 0.318 e. The molecule has 0 bridgehead atoms. The number of likely N-dealkylation sites (N-methyl/N-ethyl adjacent to an activating group) is 1. The third kappa shape index (κ3) is 4.45. The van der Waals surface area contributed by atoms with E-state index >= 15 is 4.39 Å². The molecular weight excluding hydrogens is 529 g/mol. The molecule has 3 aliphatic rings. The van der Waals surface area contributed by atoms with Crippen molar-refractivity contribution in [3.05, 3.63) is 70.6 Å². The monoisotopic (exact) mass is 561 g/mol. The van der Waals surface area contributed by atoms with E-state index in [1.807, 2.05) is 30.6 Å². The van der Waals surface area contributed by atoms with Gasteiger partial charge in [-0.1, -0.05) is 35.9 Å². The van der Waals surface area contributed by atoms with Crippen LogP contribution < -0.4 is 14.5 Å². The van der Waals surface area contributed by atoms with Gasteiger partial charge >= 0.3 is 6.01 Å². The van der Waals surface area contributed by atoms with E-state index in [0.717, 1.165) is 66.3 Å². The van der Waals surface area contributed by atoms with Crippen LogP contribution in [0.2, 0.25) is 5.15 Å². The summed E-state index contributed by atoms with van der Waals surface area (Å²) in [4.78, 5) is 21.2. The number of aromatic nitrogens is 4. The van der Waals surface area contributed by atoms with E-state index in [9.17, 15) is 0 Å². The van der Waals surface area contributed by atoms with Crippen molar-refractivity contribution in [3.63, 3.8) is 0 Å². The van der Waals surface area contributed by atoms with Crippen molar-refractivity contribution in [3.8, 4) is 6.01 Å². The highest BCUT2D eigenvalue weighted by atomic mass is 35.5. The Hall–Kier alpha value is -3.43. The fraction of sp³-hybridized carbons (Fsp3) is 0.433. The van der Waals surface area contributed by atoms with Crippen LogP contribution in [0.15, 0.2) is 42.7 Å². The molecule has 0 amide bonds. The van der Waals surface area contributed by atoms with Gasteiger partial charge in [-0.05, 0) is 57.3 Å². The molecule has 0 N–H and O–H groups in total. The van der Waals surface area contributed by atoms with Crippen LogP contribution in [-0.4, -0.2) is 63.2 Å². The normalized spacial score (nSPS) is 21.1. The molecule has 0 saturated carbocycles. The van der Waals surface area contributed by atoms with Gasteiger partial charge in [-0.25, -0.2) is 9.37 Å². The lowest BCUT2D eigenvalue weighted by Gasteiger charge is -2.39. The number of hydrogen-bond donors (Lipinski definition) is 0. The first-order chi connectivity index (χ1) is 19.5. The molecule has 0 unspecified atom stereocenters. The zero-order valence-corrected chi connectivity index (χ0v) is 23.6. The van der Waals surface area contributed by atoms with Gasteiger partial charge in [0.25, 0.3) is 0 Å². The van der Waals surface area contributed by atoms with Crippen molar-refractivity contribution >= 4 is 33.9 Å².